The standard InChI is InChI=1S/C31H52N8O3/c1-17(2)38(21-11-18(12-21)5-10-25-34-22-9-8-20(19-6-7-19)13-23(22)35-25)14-24-27(40)28(41)31(42-24)39-15-33-26-29(32)36(3)16-37(4)30(26)39/h8-9,13,17-19,21,24-31,33-35,40-41H,5-7,10-12,14-16,32H2,1-4H3/t18-,21-,24-,25?,26?,27-,28-,29?,30?,31-/m1/s1. The van der Waals surface area contributed by atoms with Gasteiger partial charge in [0.05, 0.1) is 49.3 Å². The first-order valence-corrected chi connectivity index (χ1v) is 16.3. The zero-order chi connectivity index (χ0) is 29.3. The van der Waals surface area contributed by atoms with E-state index in [1.165, 1.54) is 49.0 Å². The van der Waals surface area contributed by atoms with E-state index in [1.807, 2.05) is 7.05 Å². The Bertz CT molecular complexity index is 1120. The van der Waals surface area contributed by atoms with Crippen LogP contribution in [0.25, 0.3) is 0 Å². The Hall–Kier alpha value is -1.54. The van der Waals surface area contributed by atoms with E-state index in [-0.39, 0.29) is 18.4 Å². The molecule has 8 atom stereocenters. The number of likely N-dealkylation sites (N-methyl/N-ethyl adjacent to an activating group) is 2. The Morgan fingerprint density at radius 3 is 2.55 bits per heavy atom. The van der Waals surface area contributed by atoms with Crippen molar-refractivity contribution in [3.8, 4) is 0 Å². The van der Waals surface area contributed by atoms with Crippen molar-refractivity contribution in [3.63, 3.8) is 0 Å². The Kier molecular flexibility index (Phi) is 7.94. The number of anilines is 2. The summed E-state index contributed by atoms with van der Waals surface area (Å²) in [5.74, 6) is 1.50. The van der Waals surface area contributed by atoms with Crippen molar-refractivity contribution in [2.45, 2.75) is 119 Å². The average molecular weight is 585 g/mol. The molecule has 4 unspecified atom stereocenters. The number of hydrogen-bond acceptors (Lipinski definition) is 11. The number of aliphatic hydroxyl groups excluding tert-OH is 2. The summed E-state index contributed by atoms with van der Waals surface area (Å²) in [6.07, 6.45) is 4.67. The average Bonchev–Trinajstić information content (AvgIpc) is 3.46. The summed E-state index contributed by atoms with van der Waals surface area (Å²) in [7, 11) is 4.10. The second-order valence-corrected chi connectivity index (χ2v) is 14.3. The fraction of sp³-hybridized carbons (Fsp3) is 0.806. The number of rotatable bonds is 9. The molecule has 0 amide bonds. The number of fused-ring (bicyclic) bond motifs is 2. The molecular formula is C31H52N8O3. The molecular weight excluding hydrogens is 532 g/mol. The minimum absolute atomic E-state index is 0.00674. The van der Waals surface area contributed by atoms with Crippen molar-refractivity contribution >= 4 is 11.4 Å². The predicted molar refractivity (Wildman–Crippen MR) is 163 cm³/mol. The second kappa shape index (κ2) is 11.4. The first kappa shape index (κ1) is 29.2. The molecule has 1 aromatic carbocycles. The second-order valence-electron chi connectivity index (χ2n) is 14.3. The van der Waals surface area contributed by atoms with Crippen LogP contribution in [0.5, 0.6) is 0 Å². The van der Waals surface area contributed by atoms with Crippen molar-refractivity contribution in [2.75, 3.05) is 44.6 Å². The number of nitrogens with zero attached hydrogens (tertiary/aromatic N) is 4. The first-order valence-electron chi connectivity index (χ1n) is 16.3. The van der Waals surface area contributed by atoms with E-state index in [9.17, 15) is 10.2 Å². The number of aliphatic hydroxyl groups is 2. The Balaban J connectivity index is 0.905. The highest BCUT2D eigenvalue weighted by Gasteiger charge is 2.54. The van der Waals surface area contributed by atoms with Gasteiger partial charge in [-0.15, -0.1) is 0 Å². The van der Waals surface area contributed by atoms with E-state index in [4.69, 9.17) is 10.5 Å². The Morgan fingerprint density at radius 2 is 1.81 bits per heavy atom. The third kappa shape index (κ3) is 5.35. The molecule has 11 nitrogen and oxygen atoms in total. The van der Waals surface area contributed by atoms with E-state index in [1.54, 1.807) is 0 Å². The van der Waals surface area contributed by atoms with Crippen molar-refractivity contribution in [1.29, 1.82) is 0 Å². The molecule has 0 spiro atoms. The molecule has 0 radical (unpaired) electrons. The third-order valence-corrected chi connectivity index (χ3v) is 11.0. The van der Waals surface area contributed by atoms with Gasteiger partial charge in [0.25, 0.3) is 0 Å². The van der Waals surface area contributed by atoms with Gasteiger partial charge < -0.3 is 31.3 Å². The van der Waals surface area contributed by atoms with Gasteiger partial charge in [-0.3, -0.25) is 20.0 Å². The van der Waals surface area contributed by atoms with Crippen molar-refractivity contribution in [2.24, 2.45) is 11.7 Å². The largest absolute Gasteiger partial charge is 0.387 e. The lowest BCUT2D eigenvalue weighted by molar-refractivity contribution is -0.140. The Morgan fingerprint density at radius 1 is 1.05 bits per heavy atom. The van der Waals surface area contributed by atoms with E-state index < -0.39 is 24.5 Å². The van der Waals surface area contributed by atoms with Gasteiger partial charge in [-0.25, -0.2) is 4.90 Å². The SMILES string of the molecule is CC(C)N(C[C@H]1O[C@@H](N2CNC3C(N)N(C)CN(C)C32)[C@H](O)[C@@H]1O)[C@H]1C[C@H](CCC2Nc3ccc(C4CC4)cc3N2)C1. The predicted octanol–water partition coefficient (Wildman–Crippen LogP) is 1.12. The summed E-state index contributed by atoms with van der Waals surface area (Å²) in [5, 5.41) is 33.2. The minimum atomic E-state index is -0.959. The molecule has 0 aromatic heterocycles. The summed E-state index contributed by atoms with van der Waals surface area (Å²) >= 11 is 0. The van der Waals surface area contributed by atoms with E-state index in [0.29, 0.717) is 31.5 Å². The van der Waals surface area contributed by atoms with Gasteiger partial charge in [0.15, 0.2) is 0 Å². The quantitative estimate of drug-likeness (QED) is 0.250. The van der Waals surface area contributed by atoms with Gasteiger partial charge in [-0.1, -0.05) is 6.07 Å². The lowest BCUT2D eigenvalue weighted by atomic mass is 9.76. The highest BCUT2D eigenvalue weighted by molar-refractivity contribution is 5.75. The van der Waals surface area contributed by atoms with Crippen LogP contribution in [-0.4, -0.2) is 125 Å². The third-order valence-electron chi connectivity index (χ3n) is 11.0. The summed E-state index contributed by atoms with van der Waals surface area (Å²) in [6.45, 7) is 6.39. The van der Waals surface area contributed by atoms with E-state index in [0.717, 1.165) is 24.9 Å². The maximum Gasteiger partial charge on any atom is 0.142 e. The first-order chi connectivity index (χ1) is 20.2. The van der Waals surface area contributed by atoms with Crippen molar-refractivity contribution in [3.05, 3.63) is 23.8 Å². The number of benzene rings is 1. The Labute approximate surface area is 250 Å². The van der Waals surface area contributed by atoms with Gasteiger partial charge >= 0.3 is 0 Å². The van der Waals surface area contributed by atoms with Crippen LogP contribution in [0.1, 0.15) is 63.9 Å². The van der Waals surface area contributed by atoms with Gasteiger partial charge in [0.2, 0.25) is 0 Å². The van der Waals surface area contributed by atoms with Crippen LogP contribution in [0.2, 0.25) is 0 Å². The summed E-state index contributed by atoms with van der Waals surface area (Å²) < 4.78 is 6.47. The van der Waals surface area contributed by atoms with E-state index in [2.05, 4.69) is 74.6 Å². The molecule has 2 saturated carbocycles. The van der Waals surface area contributed by atoms with Crippen LogP contribution in [0.4, 0.5) is 11.4 Å². The normalized spacial score (nSPS) is 40.7. The van der Waals surface area contributed by atoms with Gasteiger partial charge in [0.1, 0.15) is 24.5 Å². The zero-order valence-corrected chi connectivity index (χ0v) is 25.7. The number of nitrogens with two attached hydrogens (primary N) is 1. The molecule has 4 aliphatic heterocycles. The van der Waals surface area contributed by atoms with Crippen LogP contribution >= 0.6 is 0 Å². The number of nitrogens with one attached hydrogen (secondary N) is 3. The van der Waals surface area contributed by atoms with Crippen molar-refractivity contribution in [1.82, 2.24) is 24.9 Å². The maximum atomic E-state index is 11.1. The molecule has 1 aromatic rings. The molecule has 3 saturated heterocycles. The van der Waals surface area contributed by atoms with Crippen molar-refractivity contribution < 1.29 is 14.9 Å². The maximum absolute atomic E-state index is 11.1. The zero-order valence-electron chi connectivity index (χ0n) is 25.7. The highest BCUT2D eigenvalue weighted by Crippen LogP contribution is 2.44. The molecule has 6 aliphatic rings. The summed E-state index contributed by atoms with van der Waals surface area (Å²) in [4.78, 5) is 8.99. The van der Waals surface area contributed by atoms with Crippen LogP contribution in [0, 0.1) is 5.92 Å². The van der Waals surface area contributed by atoms with Crippen LogP contribution in [0.15, 0.2) is 18.2 Å². The molecule has 234 valence electrons. The van der Waals surface area contributed by atoms with E-state index >= 15 is 0 Å². The molecule has 11 heteroatoms. The van der Waals surface area contributed by atoms with Crippen LogP contribution in [0.3, 0.4) is 0 Å². The molecule has 2 aliphatic carbocycles. The molecule has 42 heavy (non-hydrogen) atoms. The number of ether oxygens (including phenoxy) is 1. The van der Waals surface area contributed by atoms with Crippen LogP contribution in [-0.2, 0) is 4.74 Å². The molecule has 7 rings (SSSR count). The fourth-order valence-corrected chi connectivity index (χ4v) is 8.27. The summed E-state index contributed by atoms with van der Waals surface area (Å²) in [5.41, 5.74) is 10.5. The highest BCUT2D eigenvalue weighted by atomic mass is 16.6. The minimum Gasteiger partial charge on any atom is -0.387 e. The van der Waals surface area contributed by atoms with Gasteiger partial charge in [0, 0.05) is 18.6 Å². The molecule has 5 fully saturated rings. The summed E-state index contributed by atoms with van der Waals surface area (Å²) in [6, 6.07) is 7.76. The molecule has 4 heterocycles. The smallest absolute Gasteiger partial charge is 0.142 e. The molecule has 0 bridgehead atoms. The topological polar surface area (TPSA) is 125 Å². The lowest BCUT2D eigenvalue weighted by Gasteiger charge is -2.47. The lowest BCUT2D eigenvalue weighted by Crippen LogP contribution is -2.68. The van der Waals surface area contributed by atoms with Gasteiger partial charge in [-0.05, 0) is 96.0 Å². The fourth-order valence-electron chi connectivity index (χ4n) is 8.27. The van der Waals surface area contributed by atoms with Gasteiger partial charge in [-0.2, -0.15) is 0 Å². The monoisotopic (exact) mass is 584 g/mol. The molecule has 7 N–H and O–H groups in total. The van der Waals surface area contributed by atoms with Crippen LogP contribution < -0.4 is 21.7 Å². The number of hydrogen-bond donors (Lipinski definition) is 6.